The van der Waals surface area contributed by atoms with Crippen LogP contribution in [-0.2, 0) is 4.79 Å². The Morgan fingerprint density at radius 2 is 2.00 bits per heavy atom. The second-order valence-electron chi connectivity index (χ2n) is 8.84. The van der Waals surface area contributed by atoms with E-state index in [1.165, 1.54) is 17.5 Å². The van der Waals surface area contributed by atoms with E-state index in [1.807, 2.05) is 11.4 Å². The molecule has 2 atom stereocenters. The van der Waals surface area contributed by atoms with Crippen LogP contribution in [0.5, 0.6) is 0 Å². The lowest BCUT2D eigenvalue weighted by Gasteiger charge is -2.47. The summed E-state index contributed by atoms with van der Waals surface area (Å²) in [6, 6.07) is 3.23. The van der Waals surface area contributed by atoms with Gasteiger partial charge in [-0.3, -0.25) is 4.79 Å². The molecule has 4 heterocycles. The number of H-pyrrole nitrogens is 1. The van der Waals surface area contributed by atoms with Crippen LogP contribution in [0.4, 0.5) is 10.2 Å². The van der Waals surface area contributed by atoms with Crippen LogP contribution in [0, 0.1) is 23.6 Å². The highest BCUT2D eigenvalue weighted by molar-refractivity contribution is 7.13. The first-order chi connectivity index (χ1) is 16.5. The molecule has 0 aliphatic heterocycles. The fraction of sp³-hybridized carbons (Fsp3) is 0.348. The number of aromatic amines is 1. The molecule has 4 aromatic rings. The molecule has 34 heavy (non-hydrogen) atoms. The van der Waals surface area contributed by atoms with Gasteiger partial charge >= 0.3 is 5.97 Å². The number of rotatable bonds is 5. The van der Waals surface area contributed by atoms with Crippen molar-refractivity contribution in [3.63, 3.8) is 0 Å². The van der Waals surface area contributed by atoms with E-state index in [2.05, 4.69) is 30.2 Å². The summed E-state index contributed by atoms with van der Waals surface area (Å²) in [5.74, 6) is -1.48. The number of carboxylic acids is 1. The third-order valence-corrected chi connectivity index (χ3v) is 8.06. The van der Waals surface area contributed by atoms with Gasteiger partial charge in [0, 0.05) is 12.2 Å². The van der Waals surface area contributed by atoms with E-state index in [0.717, 1.165) is 25.7 Å². The Bertz CT molecular complexity index is 1390. The molecule has 3 aliphatic carbocycles. The number of fused-ring (bicyclic) bond motifs is 4. The highest BCUT2D eigenvalue weighted by Crippen LogP contribution is 2.46. The van der Waals surface area contributed by atoms with E-state index in [0.29, 0.717) is 21.6 Å². The summed E-state index contributed by atoms with van der Waals surface area (Å²) in [5, 5.41) is 15.2. The Morgan fingerprint density at radius 1 is 1.21 bits per heavy atom. The van der Waals surface area contributed by atoms with Crippen molar-refractivity contribution in [2.24, 2.45) is 17.8 Å². The molecule has 3 N–H and O–H groups in total. The van der Waals surface area contributed by atoms with E-state index in [1.54, 1.807) is 12.3 Å². The third kappa shape index (κ3) is 3.52. The molecule has 0 spiro atoms. The van der Waals surface area contributed by atoms with Crippen LogP contribution in [-0.4, -0.2) is 42.0 Å². The molecule has 3 aliphatic rings. The van der Waals surface area contributed by atoms with Gasteiger partial charge in [0.05, 0.1) is 22.6 Å². The lowest BCUT2D eigenvalue weighted by Crippen LogP contribution is -2.51. The molecule has 2 unspecified atom stereocenters. The highest BCUT2D eigenvalue weighted by atomic mass is 35.5. The normalized spacial score (nSPS) is 23.9. The van der Waals surface area contributed by atoms with Gasteiger partial charge in [-0.1, -0.05) is 17.7 Å². The number of nitrogens with zero attached hydrogens (tertiary/aromatic N) is 4. The van der Waals surface area contributed by atoms with E-state index in [-0.39, 0.29) is 40.4 Å². The molecule has 0 aromatic carbocycles. The standard InChI is InChI=1S/C23H20ClFN6O2S/c24-14-9-26-18-12(8-27-22(18)28-14)20-30-19(13-2-1-7-34-13)16(25)21(31-20)29-17-11-5-3-10(4-6-11)15(17)23(32)33/h1-2,7-11,15,17H,3-6H2,(H,27,28)(H,32,33)(H,29,30,31). The summed E-state index contributed by atoms with van der Waals surface area (Å²) in [5.41, 5.74) is 1.70. The fourth-order valence-corrected chi connectivity index (χ4v) is 6.30. The fourth-order valence-electron chi connectivity index (χ4n) is 5.45. The number of anilines is 1. The molecule has 4 aromatic heterocycles. The Morgan fingerprint density at radius 3 is 2.74 bits per heavy atom. The number of aliphatic carboxylic acids is 1. The predicted octanol–water partition coefficient (Wildman–Crippen LogP) is 5.24. The van der Waals surface area contributed by atoms with Crippen LogP contribution < -0.4 is 5.32 Å². The molecular weight excluding hydrogens is 479 g/mol. The lowest BCUT2D eigenvalue weighted by molar-refractivity contribution is -0.148. The van der Waals surface area contributed by atoms with Crippen molar-refractivity contribution < 1.29 is 14.3 Å². The van der Waals surface area contributed by atoms with Gasteiger partial charge in [-0.2, -0.15) is 0 Å². The summed E-state index contributed by atoms with van der Waals surface area (Å²) >= 11 is 7.33. The van der Waals surface area contributed by atoms with Crippen LogP contribution in [0.25, 0.3) is 33.1 Å². The summed E-state index contributed by atoms with van der Waals surface area (Å²) in [6.45, 7) is 0. The summed E-state index contributed by atoms with van der Waals surface area (Å²) in [7, 11) is 0. The molecule has 0 radical (unpaired) electrons. The number of carboxylic acid groups (broad SMARTS) is 1. The molecule has 11 heteroatoms. The molecular formula is C23H20ClFN6O2S. The van der Waals surface area contributed by atoms with Crippen molar-refractivity contribution in [1.29, 1.82) is 0 Å². The van der Waals surface area contributed by atoms with E-state index >= 15 is 4.39 Å². The number of hydrogen-bond donors (Lipinski definition) is 3. The minimum absolute atomic E-state index is 0.00785. The molecule has 8 nitrogen and oxygen atoms in total. The second kappa shape index (κ2) is 8.28. The summed E-state index contributed by atoms with van der Waals surface area (Å²) < 4.78 is 15.8. The number of carbonyl (C=O) groups is 1. The van der Waals surface area contributed by atoms with E-state index in [4.69, 9.17) is 11.6 Å². The topological polar surface area (TPSA) is 117 Å². The van der Waals surface area contributed by atoms with Gasteiger partial charge in [-0.15, -0.1) is 11.3 Å². The van der Waals surface area contributed by atoms with Crippen LogP contribution in [0.15, 0.2) is 29.9 Å². The van der Waals surface area contributed by atoms with Crippen LogP contribution in [0.2, 0.25) is 5.15 Å². The first-order valence-corrected chi connectivity index (χ1v) is 12.4. The Labute approximate surface area is 202 Å². The molecule has 174 valence electrons. The molecule has 0 amide bonds. The average molecular weight is 499 g/mol. The zero-order chi connectivity index (χ0) is 23.4. The number of hydrogen-bond acceptors (Lipinski definition) is 7. The Kier molecular flexibility index (Phi) is 5.22. The monoisotopic (exact) mass is 498 g/mol. The van der Waals surface area contributed by atoms with Gasteiger partial charge in [0.2, 0.25) is 0 Å². The van der Waals surface area contributed by atoms with Crippen molar-refractivity contribution >= 4 is 45.9 Å². The predicted molar refractivity (Wildman–Crippen MR) is 127 cm³/mol. The van der Waals surface area contributed by atoms with Crippen molar-refractivity contribution in [3.8, 4) is 22.0 Å². The van der Waals surface area contributed by atoms with Gasteiger partial charge < -0.3 is 15.4 Å². The van der Waals surface area contributed by atoms with Gasteiger partial charge in [0.1, 0.15) is 16.4 Å². The second-order valence-corrected chi connectivity index (χ2v) is 10.2. The maximum Gasteiger partial charge on any atom is 0.308 e. The third-order valence-electron chi connectivity index (χ3n) is 7.01. The largest absolute Gasteiger partial charge is 0.481 e. The smallest absolute Gasteiger partial charge is 0.308 e. The van der Waals surface area contributed by atoms with E-state index in [9.17, 15) is 9.90 Å². The Hall–Kier alpha value is -3.11. The zero-order valence-electron chi connectivity index (χ0n) is 17.8. The van der Waals surface area contributed by atoms with Gasteiger partial charge in [0.15, 0.2) is 23.1 Å². The Balaban J connectivity index is 1.48. The summed E-state index contributed by atoms with van der Waals surface area (Å²) in [4.78, 5) is 33.4. The average Bonchev–Trinajstić information content (AvgIpc) is 3.51. The van der Waals surface area contributed by atoms with E-state index < -0.39 is 17.7 Å². The zero-order valence-corrected chi connectivity index (χ0v) is 19.4. The molecule has 3 fully saturated rings. The van der Waals surface area contributed by atoms with Crippen LogP contribution >= 0.6 is 22.9 Å². The van der Waals surface area contributed by atoms with Gasteiger partial charge in [-0.25, -0.2) is 24.3 Å². The first kappa shape index (κ1) is 21.4. The maximum absolute atomic E-state index is 15.8. The number of halogens is 2. The maximum atomic E-state index is 15.8. The number of aromatic nitrogens is 5. The SMILES string of the molecule is O=C(O)C1C2CCC(CC2)C1Nc1nc(-c2c[nH]c3nc(Cl)cnc23)nc(-c2cccs2)c1F. The van der Waals surface area contributed by atoms with Crippen molar-refractivity contribution in [3.05, 3.63) is 40.9 Å². The van der Waals surface area contributed by atoms with Crippen molar-refractivity contribution in [1.82, 2.24) is 24.9 Å². The lowest BCUT2D eigenvalue weighted by atomic mass is 9.61. The first-order valence-electron chi connectivity index (χ1n) is 11.1. The molecule has 0 saturated heterocycles. The van der Waals surface area contributed by atoms with Crippen LogP contribution in [0.3, 0.4) is 0 Å². The quantitative estimate of drug-likeness (QED) is 0.344. The molecule has 2 bridgehead atoms. The number of thiophene rings is 1. The summed E-state index contributed by atoms with van der Waals surface area (Å²) in [6.07, 6.45) is 6.76. The highest BCUT2D eigenvalue weighted by Gasteiger charge is 2.47. The minimum atomic E-state index is -0.844. The van der Waals surface area contributed by atoms with Gasteiger partial charge in [-0.05, 0) is 49.0 Å². The molecule has 7 rings (SSSR count). The van der Waals surface area contributed by atoms with Crippen LogP contribution in [0.1, 0.15) is 25.7 Å². The van der Waals surface area contributed by atoms with Gasteiger partial charge in [0.25, 0.3) is 0 Å². The molecule has 3 saturated carbocycles. The minimum Gasteiger partial charge on any atom is -0.481 e. The van der Waals surface area contributed by atoms with Crippen molar-refractivity contribution in [2.75, 3.05) is 5.32 Å². The van der Waals surface area contributed by atoms with Crippen molar-refractivity contribution in [2.45, 2.75) is 31.7 Å². The number of nitrogens with one attached hydrogen (secondary N) is 2.